The van der Waals surface area contributed by atoms with E-state index in [-0.39, 0.29) is 0 Å². The molecule has 0 unspecified atom stereocenters. The lowest BCUT2D eigenvalue weighted by Gasteiger charge is -2.35. The fourth-order valence-corrected chi connectivity index (χ4v) is 2.49. The molecule has 6 nitrogen and oxygen atoms in total. The molecule has 0 aliphatic carbocycles. The largest absolute Gasteiger partial charge is 0.365 e. The first kappa shape index (κ1) is 12.6. The van der Waals surface area contributed by atoms with Gasteiger partial charge in [-0.05, 0) is 6.54 Å². The smallest absolute Gasteiger partial charge is 0.134 e. The molecule has 1 aromatic rings. The third-order valence-corrected chi connectivity index (χ3v) is 3.93. The van der Waals surface area contributed by atoms with Crippen LogP contribution < -0.4 is 15.5 Å². The third kappa shape index (κ3) is 2.96. The van der Waals surface area contributed by atoms with Gasteiger partial charge in [0.15, 0.2) is 0 Å². The normalized spacial score (nSPS) is 21.2. The van der Waals surface area contributed by atoms with Gasteiger partial charge in [0.25, 0.3) is 0 Å². The Kier molecular flexibility index (Phi) is 3.79. The standard InChI is InChI=1S/C13H22N6/c1-2-18-3-5-19(6-4-18)13-7-12(15-10-16-13)17-11-8-14-9-11/h7,10-11,14H,2-6,8-9H2,1H3,(H,15,16,17). The molecule has 2 saturated heterocycles. The molecule has 2 N–H and O–H groups in total. The molecule has 0 radical (unpaired) electrons. The zero-order valence-corrected chi connectivity index (χ0v) is 11.5. The van der Waals surface area contributed by atoms with Gasteiger partial charge in [-0.2, -0.15) is 0 Å². The van der Waals surface area contributed by atoms with E-state index in [4.69, 9.17) is 0 Å². The van der Waals surface area contributed by atoms with E-state index in [9.17, 15) is 0 Å². The van der Waals surface area contributed by atoms with Crippen LogP contribution in [-0.4, -0.2) is 66.7 Å². The van der Waals surface area contributed by atoms with Crippen molar-refractivity contribution in [3.63, 3.8) is 0 Å². The Morgan fingerprint density at radius 2 is 2.05 bits per heavy atom. The van der Waals surface area contributed by atoms with Crippen molar-refractivity contribution in [2.24, 2.45) is 0 Å². The van der Waals surface area contributed by atoms with Gasteiger partial charge in [0.2, 0.25) is 0 Å². The zero-order valence-electron chi connectivity index (χ0n) is 11.5. The summed E-state index contributed by atoms with van der Waals surface area (Å²) in [7, 11) is 0. The van der Waals surface area contributed by atoms with Gasteiger partial charge in [0.1, 0.15) is 18.0 Å². The van der Waals surface area contributed by atoms with Crippen molar-refractivity contribution in [1.29, 1.82) is 0 Å². The molecular formula is C13H22N6. The highest BCUT2D eigenvalue weighted by atomic mass is 15.3. The molecule has 0 saturated carbocycles. The summed E-state index contributed by atoms with van der Waals surface area (Å²) in [5.41, 5.74) is 0. The molecule has 0 bridgehead atoms. The molecule has 3 heterocycles. The number of likely N-dealkylation sites (N-methyl/N-ethyl adjacent to an activating group) is 1. The summed E-state index contributed by atoms with van der Waals surface area (Å²) in [5, 5.41) is 6.68. The Hall–Kier alpha value is -1.40. The molecule has 0 aromatic carbocycles. The van der Waals surface area contributed by atoms with Crippen molar-refractivity contribution < 1.29 is 0 Å². The van der Waals surface area contributed by atoms with Crippen LogP contribution in [0.1, 0.15) is 6.92 Å². The van der Waals surface area contributed by atoms with Crippen LogP contribution in [-0.2, 0) is 0 Å². The first-order valence-electron chi connectivity index (χ1n) is 7.12. The molecule has 0 amide bonds. The fourth-order valence-electron chi connectivity index (χ4n) is 2.49. The molecule has 0 atom stereocenters. The number of hydrogen-bond donors (Lipinski definition) is 2. The summed E-state index contributed by atoms with van der Waals surface area (Å²) >= 11 is 0. The average molecular weight is 262 g/mol. The second-order valence-corrected chi connectivity index (χ2v) is 5.18. The van der Waals surface area contributed by atoms with Crippen LogP contribution in [0.5, 0.6) is 0 Å². The maximum absolute atomic E-state index is 4.41. The minimum absolute atomic E-state index is 0.514. The van der Waals surface area contributed by atoms with Gasteiger partial charge in [-0.25, -0.2) is 9.97 Å². The van der Waals surface area contributed by atoms with Crippen LogP contribution in [0.3, 0.4) is 0 Å². The Morgan fingerprint density at radius 1 is 1.26 bits per heavy atom. The van der Waals surface area contributed by atoms with E-state index in [1.54, 1.807) is 6.33 Å². The molecule has 6 heteroatoms. The molecular weight excluding hydrogens is 240 g/mol. The van der Waals surface area contributed by atoms with E-state index in [1.165, 1.54) is 0 Å². The Morgan fingerprint density at radius 3 is 2.68 bits per heavy atom. The van der Waals surface area contributed by atoms with Gasteiger partial charge in [0.05, 0.1) is 6.04 Å². The first-order chi connectivity index (χ1) is 9.35. The van der Waals surface area contributed by atoms with Crippen molar-refractivity contribution >= 4 is 11.6 Å². The number of aromatic nitrogens is 2. The lowest BCUT2D eigenvalue weighted by atomic mass is 10.2. The topological polar surface area (TPSA) is 56.3 Å². The summed E-state index contributed by atoms with van der Waals surface area (Å²) in [6.45, 7) is 9.74. The maximum atomic E-state index is 4.41. The lowest BCUT2D eigenvalue weighted by Crippen LogP contribution is -2.51. The van der Waals surface area contributed by atoms with Crippen LogP contribution in [0, 0.1) is 0 Å². The minimum atomic E-state index is 0.514. The van der Waals surface area contributed by atoms with E-state index < -0.39 is 0 Å². The van der Waals surface area contributed by atoms with E-state index >= 15 is 0 Å². The Labute approximate surface area is 114 Å². The number of piperazine rings is 1. The molecule has 2 aliphatic heterocycles. The van der Waals surface area contributed by atoms with Crippen LogP contribution in [0.15, 0.2) is 12.4 Å². The van der Waals surface area contributed by atoms with E-state index in [0.29, 0.717) is 6.04 Å². The molecule has 1 aromatic heterocycles. The summed E-state index contributed by atoms with van der Waals surface area (Å²) < 4.78 is 0. The van der Waals surface area contributed by atoms with Gasteiger partial charge in [-0.3, -0.25) is 0 Å². The number of rotatable bonds is 4. The highest BCUT2D eigenvalue weighted by molar-refractivity contribution is 5.49. The predicted molar refractivity (Wildman–Crippen MR) is 76.6 cm³/mol. The van der Waals surface area contributed by atoms with Crippen LogP contribution in [0.25, 0.3) is 0 Å². The molecule has 3 rings (SSSR count). The number of nitrogens with zero attached hydrogens (tertiary/aromatic N) is 4. The van der Waals surface area contributed by atoms with E-state index in [2.05, 4.69) is 43.4 Å². The first-order valence-corrected chi connectivity index (χ1v) is 7.12. The second-order valence-electron chi connectivity index (χ2n) is 5.18. The highest BCUT2D eigenvalue weighted by Crippen LogP contribution is 2.17. The van der Waals surface area contributed by atoms with Gasteiger partial charge in [-0.15, -0.1) is 0 Å². The molecule has 2 fully saturated rings. The Bertz CT molecular complexity index is 411. The highest BCUT2D eigenvalue weighted by Gasteiger charge is 2.19. The van der Waals surface area contributed by atoms with Crippen molar-refractivity contribution in [1.82, 2.24) is 20.2 Å². The summed E-state index contributed by atoms with van der Waals surface area (Å²) in [6, 6.07) is 2.58. The van der Waals surface area contributed by atoms with Gasteiger partial charge in [0, 0.05) is 45.3 Å². The summed E-state index contributed by atoms with van der Waals surface area (Å²) in [6.07, 6.45) is 1.66. The van der Waals surface area contributed by atoms with E-state index in [1.807, 2.05) is 0 Å². The van der Waals surface area contributed by atoms with Crippen LogP contribution in [0.2, 0.25) is 0 Å². The van der Waals surface area contributed by atoms with Crippen LogP contribution in [0.4, 0.5) is 11.6 Å². The van der Waals surface area contributed by atoms with Gasteiger partial charge >= 0.3 is 0 Å². The van der Waals surface area contributed by atoms with Gasteiger partial charge < -0.3 is 20.4 Å². The third-order valence-electron chi connectivity index (χ3n) is 3.93. The SMILES string of the molecule is CCN1CCN(c2cc(NC3CNC3)ncn2)CC1. The van der Waals surface area contributed by atoms with Crippen molar-refractivity contribution in [2.75, 3.05) is 56.0 Å². The lowest BCUT2D eigenvalue weighted by molar-refractivity contribution is 0.270. The molecule has 104 valence electrons. The van der Waals surface area contributed by atoms with Crippen molar-refractivity contribution in [2.45, 2.75) is 13.0 Å². The predicted octanol–water partition coefficient (Wildman–Crippen LogP) is 0.00220. The monoisotopic (exact) mass is 262 g/mol. The number of nitrogens with one attached hydrogen (secondary N) is 2. The molecule has 0 spiro atoms. The second kappa shape index (κ2) is 5.71. The van der Waals surface area contributed by atoms with Crippen LogP contribution >= 0.6 is 0 Å². The number of anilines is 2. The Balaban J connectivity index is 1.62. The van der Waals surface area contributed by atoms with Crippen molar-refractivity contribution in [3.8, 4) is 0 Å². The maximum Gasteiger partial charge on any atom is 0.134 e. The molecule has 19 heavy (non-hydrogen) atoms. The number of hydrogen-bond acceptors (Lipinski definition) is 6. The summed E-state index contributed by atoms with van der Waals surface area (Å²) in [5.74, 6) is 1.98. The van der Waals surface area contributed by atoms with Crippen molar-refractivity contribution in [3.05, 3.63) is 12.4 Å². The van der Waals surface area contributed by atoms with E-state index in [0.717, 1.165) is 57.4 Å². The zero-order chi connectivity index (χ0) is 13.1. The average Bonchev–Trinajstić information content (AvgIpc) is 2.43. The van der Waals surface area contributed by atoms with Gasteiger partial charge in [-0.1, -0.05) is 6.92 Å². The summed E-state index contributed by atoms with van der Waals surface area (Å²) in [4.78, 5) is 13.5. The molecule has 2 aliphatic rings. The quantitative estimate of drug-likeness (QED) is 0.797. The fraction of sp³-hybridized carbons (Fsp3) is 0.692. The minimum Gasteiger partial charge on any atom is -0.365 e.